The lowest BCUT2D eigenvalue weighted by Crippen LogP contribution is -2.39. The van der Waals surface area contributed by atoms with E-state index in [-0.39, 0.29) is 36.3 Å². The average Bonchev–Trinajstić information content (AvgIpc) is 3.33. The summed E-state index contributed by atoms with van der Waals surface area (Å²) in [7, 11) is 0. The van der Waals surface area contributed by atoms with Crippen LogP contribution in [-0.4, -0.2) is 50.5 Å². The fourth-order valence-corrected chi connectivity index (χ4v) is 5.64. The molecule has 0 radical (unpaired) electrons. The van der Waals surface area contributed by atoms with Crippen LogP contribution >= 0.6 is 0 Å². The average molecular weight is 507 g/mol. The molecule has 1 aliphatic carbocycles. The molecule has 2 fully saturated rings. The van der Waals surface area contributed by atoms with Crippen LogP contribution in [0.3, 0.4) is 0 Å². The van der Waals surface area contributed by atoms with E-state index in [2.05, 4.69) is 20.5 Å². The number of benzene rings is 1. The van der Waals surface area contributed by atoms with Gasteiger partial charge in [0.1, 0.15) is 11.3 Å². The third-order valence-electron chi connectivity index (χ3n) is 7.76. The Morgan fingerprint density at radius 1 is 1.05 bits per heavy atom. The van der Waals surface area contributed by atoms with Crippen molar-refractivity contribution in [3.8, 4) is 0 Å². The van der Waals surface area contributed by atoms with Crippen LogP contribution in [-0.2, 0) is 0 Å². The summed E-state index contributed by atoms with van der Waals surface area (Å²) in [5.41, 5.74) is 2.62. The molecule has 10 heteroatoms. The molecule has 1 amide bonds. The van der Waals surface area contributed by atoms with Crippen LogP contribution in [0.5, 0.6) is 0 Å². The molecule has 0 atom stereocenters. The van der Waals surface area contributed by atoms with Gasteiger partial charge in [0.15, 0.2) is 0 Å². The molecule has 0 bridgehead atoms. The summed E-state index contributed by atoms with van der Waals surface area (Å²) in [6.45, 7) is 0.592. The van der Waals surface area contributed by atoms with E-state index in [9.17, 15) is 18.4 Å². The summed E-state index contributed by atoms with van der Waals surface area (Å²) in [4.78, 5) is 31.5. The number of amides is 1. The predicted molar refractivity (Wildman–Crippen MR) is 136 cm³/mol. The van der Waals surface area contributed by atoms with E-state index >= 15 is 0 Å². The van der Waals surface area contributed by atoms with E-state index in [0.29, 0.717) is 29.8 Å². The normalized spacial score (nSPS) is 21.8. The van der Waals surface area contributed by atoms with Gasteiger partial charge in [0, 0.05) is 61.2 Å². The molecular formula is C27H28F2N6O2. The molecule has 4 aromatic rings. The number of rotatable bonds is 4. The van der Waals surface area contributed by atoms with Gasteiger partial charge in [-0.15, -0.1) is 0 Å². The molecule has 1 aromatic carbocycles. The molecule has 0 spiro atoms. The second-order valence-electron chi connectivity index (χ2n) is 10.1. The van der Waals surface area contributed by atoms with Gasteiger partial charge in [-0.05, 0) is 37.8 Å². The number of carbonyl (C=O) groups is 1. The molecule has 2 N–H and O–H groups in total. The molecule has 8 nitrogen and oxygen atoms in total. The van der Waals surface area contributed by atoms with E-state index in [4.69, 9.17) is 0 Å². The lowest BCUT2D eigenvalue weighted by atomic mass is 9.82. The highest BCUT2D eigenvalue weighted by Gasteiger charge is 2.34. The zero-order valence-corrected chi connectivity index (χ0v) is 20.3. The summed E-state index contributed by atoms with van der Waals surface area (Å²) in [5, 5.41) is 11.7. The number of imidazole rings is 1. The van der Waals surface area contributed by atoms with Crippen LogP contribution in [0, 0.1) is 0 Å². The van der Waals surface area contributed by atoms with Crippen molar-refractivity contribution >= 4 is 28.0 Å². The predicted octanol–water partition coefficient (Wildman–Crippen LogP) is 4.26. The van der Waals surface area contributed by atoms with Crippen molar-refractivity contribution in [2.75, 3.05) is 18.0 Å². The first-order valence-electron chi connectivity index (χ1n) is 12.8. The zero-order valence-electron chi connectivity index (χ0n) is 20.3. The molecule has 3 aromatic heterocycles. The standard InChI is InChI=1S/C27H28F2N6O2/c28-27(29)10-13-34(14-11-27)19-9-12-35-22(16-30-23(35)15-19)26(37)31-18-7-5-17(6-8-18)24-20-3-1-2-4-21(20)25(36)33-32-24/h1-4,9,12,15-18H,5-8,10-11,13-14H2,(H,31,37)(H,33,36). The smallest absolute Gasteiger partial charge is 0.272 e. The lowest BCUT2D eigenvalue weighted by molar-refractivity contribution is -0.0220. The van der Waals surface area contributed by atoms with Crippen molar-refractivity contribution in [2.24, 2.45) is 0 Å². The topological polar surface area (TPSA) is 95.4 Å². The molecule has 37 heavy (non-hydrogen) atoms. The van der Waals surface area contributed by atoms with Crippen molar-refractivity contribution in [2.45, 2.75) is 56.4 Å². The highest BCUT2D eigenvalue weighted by molar-refractivity contribution is 5.93. The Balaban J connectivity index is 1.11. The summed E-state index contributed by atoms with van der Waals surface area (Å²) in [6.07, 6.45) is 6.37. The van der Waals surface area contributed by atoms with E-state index in [1.54, 1.807) is 16.8 Å². The Bertz CT molecular complexity index is 1510. The summed E-state index contributed by atoms with van der Waals surface area (Å²) >= 11 is 0. The van der Waals surface area contributed by atoms with Gasteiger partial charge in [0.25, 0.3) is 17.4 Å². The summed E-state index contributed by atoms with van der Waals surface area (Å²) in [6, 6.07) is 11.3. The molecule has 4 heterocycles. The number of piperidine rings is 1. The third-order valence-corrected chi connectivity index (χ3v) is 7.76. The number of alkyl halides is 2. The number of aromatic amines is 1. The second-order valence-corrected chi connectivity index (χ2v) is 10.1. The Labute approximate surface area is 211 Å². The molecule has 1 saturated heterocycles. The first-order chi connectivity index (χ1) is 17.9. The highest BCUT2D eigenvalue weighted by atomic mass is 19.3. The van der Waals surface area contributed by atoms with E-state index in [0.717, 1.165) is 42.5 Å². The van der Waals surface area contributed by atoms with E-state index in [1.807, 2.05) is 41.3 Å². The van der Waals surface area contributed by atoms with Gasteiger partial charge in [-0.3, -0.25) is 14.0 Å². The van der Waals surface area contributed by atoms with Crippen molar-refractivity contribution in [1.82, 2.24) is 24.9 Å². The Morgan fingerprint density at radius 3 is 2.54 bits per heavy atom. The monoisotopic (exact) mass is 506 g/mol. The molecule has 2 aliphatic rings. The van der Waals surface area contributed by atoms with Gasteiger partial charge >= 0.3 is 0 Å². The van der Waals surface area contributed by atoms with Crippen LogP contribution in [0.25, 0.3) is 16.4 Å². The summed E-state index contributed by atoms with van der Waals surface area (Å²) < 4.78 is 28.8. The SMILES string of the molecule is O=C(NC1CCC(c2n[nH]c(=O)c3ccccc23)CC1)c1cnc2cc(N3CCC(F)(F)CC3)ccn12. The highest BCUT2D eigenvalue weighted by Crippen LogP contribution is 2.35. The number of anilines is 1. The third kappa shape index (κ3) is 4.56. The maximum Gasteiger partial charge on any atom is 0.272 e. The number of carbonyl (C=O) groups excluding carboxylic acids is 1. The fraction of sp³-hybridized carbons (Fsp3) is 0.407. The van der Waals surface area contributed by atoms with Crippen molar-refractivity contribution in [1.29, 1.82) is 0 Å². The second kappa shape index (κ2) is 9.24. The van der Waals surface area contributed by atoms with Crippen molar-refractivity contribution < 1.29 is 13.6 Å². The number of halogens is 2. The quantitative estimate of drug-likeness (QED) is 0.431. The number of nitrogens with one attached hydrogen (secondary N) is 2. The van der Waals surface area contributed by atoms with Crippen molar-refractivity contribution in [3.63, 3.8) is 0 Å². The van der Waals surface area contributed by atoms with Gasteiger partial charge in [0.2, 0.25) is 0 Å². The number of nitrogens with zero attached hydrogens (tertiary/aromatic N) is 4. The van der Waals surface area contributed by atoms with Crippen LogP contribution < -0.4 is 15.8 Å². The maximum atomic E-state index is 13.5. The largest absolute Gasteiger partial charge is 0.371 e. The Kier molecular flexibility index (Phi) is 5.89. The van der Waals surface area contributed by atoms with Crippen LogP contribution in [0.15, 0.2) is 53.6 Å². The summed E-state index contributed by atoms with van der Waals surface area (Å²) in [5.74, 6) is -2.56. The number of hydrogen-bond acceptors (Lipinski definition) is 5. The maximum absolute atomic E-state index is 13.5. The molecule has 6 rings (SSSR count). The fourth-order valence-electron chi connectivity index (χ4n) is 5.64. The molecule has 0 unspecified atom stereocenters. The van der Waals surface area contributed by atoms with Gasteiger partial charge in [-0.25, -0.2) is 18.9 Å². The number of aromatic nitrogens is 4. The number of H-pyrrole nitrogens is 1. The minimum atomic E-state index is -2.59. The van der Waals surface area contributed by atoms with Crippen molar-refractivity contribution in [3.05, 3.63) is 70.5 Å². The first-order valence-corrected chi connectivity index (χ1v) is 12.8. The first kappa shape index (κ1) is 23.6. The molecular weight excluding hydrogens is 478 g/mol. The zero-order chi connectivity index (χ0) is 25.6. The molecule has 1 aliphatic heterocycles. The van der Waals surface area contributed by atoms with Gasteiger partial charge < -0.3 is 10.2 Å². The minimum absolute atomic E-state index is 0.0395. The van der Waals surface area contributed by atoms with Crippen LogP contribution in [0.4, 0.5) is 14.5 Å². The van der Waals surface area contributed by atoms with Gasteiger partial charge in [0.05, 0.1) is 17.3 Å². The van der Waals surface area contributed by atoms with E-state index in [1.165, 1.54) is 0 Å². The molecule has 1 saturated carbocycles. The number of hydrogen-bond donors (Lipinski definition) is 2. The van der Waals surface area contributed by atoms with E-state index < -0.39 is 5.92 Å². The molecule has 192 valence electrons. The minimum Gasteiger partial charge on any atom is -0.371 e. The Morgan fingerprint density at radius 2 is 1.78 bits per heavy atom. The number of fused-ring (bicyclic) bond motifs is 2. The van der Waals surface area contributed by atoms with Crippen LogP contribution in [0.1, 0.15) is 60.6 Å². The van der Waals surface area contributed by atoms with Crippen LogP contribution in [0.2, 0.25) is 0 Å². The van der Waals surface area contributed by atoms with Gasteiger partial charge in [-0.1, -0.05) is 18.2 Å². The Hall–Kier alpha value is -3.82. The van der Waals surface area contributed by atoms with Gasteiger partial charge in [-0.2, -0.15) is 5.10 Å². The lowest BCUT2D eigenvalue weighted by Gasteiger charge is -2.33. The number of pyridine rings is 1.